The Kier molecular flexibility index (Phi) is 4.52. The number of rotatable bonds is 4. The topological polar surface area (TPSA) is 63.2 Å². The first kappa shape index (κ1) is 14.4. The summed E-state index contributed by atoms with van der Waals surface area (Å²) in [5.41, 5.74) is 1.16. The number of thioether (sulfide) groups is 1. The molecule has 4 nitrogen and oxygen atoms in total. The zero-order chi connectivity index (χ0) is 13.9. The maximum Gasteiger partial charge on any atom is 0.230 e. The molecular weight excluding hydrogens is 282 g/mol. The van der Waals surface area contributed by atoms with Gasteiger partial charge in [0, 0.05) is 10.9 Å². The highest BCUT2D eigenvalue weighted by Gasteiger charge is 2.28. The lowest BCUT2D eigenvalue weighted by Gasteiger charge is -2.10. The van der Waals surface area contributed by atoms with Gasteiger partial charge in [-0.25, -0.2) is 8.42 Å². The number of hydrogen-bond acceptors (Lipinski definition) is 4. The molecule has 1 heterocycles. The van der Waals surface area contributed by atoms with Gasteiger partial charge in [0.15, 0.2) is 9.84 Å². The summed E-state index contributed by atoms with van der Waals surface area (Å²) in [5, 5.41) is 2.78. The molecule has 0 saturated carbocycles. The number of sulfone groups is 1. The van der Waals surface area contributed by atoms with Gasteiger partial charge in [-0.15, -0.1) is 11.8 Å². The van der Waals surface area contributed by atoms with Crippen molar-refractivity contribution in [3.05, 3.63) is 29.8 Å². The Balaban J connectivity index is 1.79. The van der Waals surface area contributed by atoms with Crippen LogP contribution in [0, 0.1) is 6.92 Å². The summed E-state index contributed by atoms with van der Waals surface area (Å²) in [5.74, 6) is 0.477. The minimum Gasteiger partial charge on any atom is -0.352 e. The fraction of sp³-hybridized carbons (Fsp3) is 0.462. The summed E-state index contributed by atoms with van der Waals surface area (Å²) in [4.78, 5) is 12.8. The van der Waals surface area contributed by atoms with E-state index in [2.05, 4.69) is 5.32 Å². The Hall–Kier alpha value is -1.01. The Morgan fingerprint density at radius 1 is 1.47 bits per heavy atom. The molecule has 1 fully saturated rings. The highest BCUT2D eigenvalue weighted by molar-refractivity contribution is 8.00. The quantitative estimate of drug-likeness (QED) is 0.853. The van der Waals surface area contributed by atoms with Crippen LogP contribution in [0.2, 0.25) is 0 Å². The van der Waals surface area contributed by atoms with Gasteiger partial charge in [0.2, 0.25) is 5.91 Å². The summed E-state index contributed by atoms with van der Waals surface area (Å²) in [6, 6.07) is 7.74. The fourth-order valence-corrected chi connectivity index (χ4v) is 4.53. The lowest BCUT2D eigenvalue weighted by Crippen LogP contribution is -2.36. The molecule has 1 N–H and O–H groups in total. The van der Waals surface area contributed by atoms with Gasteiger partial charge in [-0.3, -0.25) is 4.79 Å². The molecule has 1 amide bonds. The lowest BCUT2D eigenvalue weighted by molar-refractivity contribution is -0.119. The molecule has 19 heavy (non-hydrogen) atoms. The first-order valence-corrected chi connectivity index (χ1v) is 8.94. The number of hydrogen-bond donors (Lipinski definition) is 1. The van der Waals surface area contributed by atoms with Crippen molar-refractivity contribution in [3.63, 3.8) is 0 Å². The lowest BCUT2D eigenvalue weighted by atomic mass is 10.2. The Morgan fingerprint density at radius 2 is 2.26 bits per heavy atom. The van der Waals surface area contributed by atoms with Gasteiger partial charge in [-0.1, -0.05) is 17.7 Å². The normalized spacial score (nSPS) is 21.2. The van der Waals surface area contributed by atoms with Crippen LogP contribution in [0.4, 0.5) is 0 Å². The van der Waals surface area contributed by atoms with Gasteiger partial charge in [-0.2, -0.15) is 0 Å². The van der Waals surface area contributed by atoms with Crippen molar-refractivity contribution in [2.24, 2.45) is 0 Å². The van der Waals surface area contributed by atoms with Crippen molar-refractivity contribution < 1.29 is 13.2 Å². The van der Waals surface area contributed by atoms with Crippen LogP contribution >= 0.6 is 11.8 Å². The molecule has 1 aromatic rings. The zero-order valence-electron chi connectivity index (χ0n) is 10.8. The van der Waals surface area contributed by atoms with E-state index in [0.717, 1.165) is 10.5 Å². The van der Waals surface area contributed by atoms with Crippen LogP contribution in [0.5, 0.6) is 0 Å². The maximum atomic E-state index is 11.7. The van der Waals surface area contributed by atoms with Crippen molar-refractivity contribution in [2.75, 3.05) is 17.3 Å². The molecule has 0 bridgehead atoms. The van der Waals surface area contributed by atoms with Crippen LogP contribution in [0.15, 0.2) is 29.2 Å². The zero-order valence-corrected chi connectivity index (χ0v) is 12.4. The Morgan fingerprint density at radius 3 is 2.89 bits per heavy atom. The smallest absolute Gasteiger partial charge is 0.230 e. The first-order chi connectivity index (χ1) is 8.94. The van der Waals surface area contributed by atoms with Crippen molar-refractivity contribution in [3.8, 4) is 0 Å². The van der Waals surface area contributed by atoms with Gasteiger partial charge < -0.3 is 5.32 Å². The first-order valence-electron chi connectivity index (χ1n) is 6.14. The van der Waals surface area contributed by atoms with Crippen molar-refractivity contribution >= 4 is 27.5 Å². The van der Waals surface area contributed by atoms with E-state index in [1.54, 1.807) is 0 Å². The largest absolute Gasteiger partial charge is 0.352 e. The van der Waals surface area contributed by atoms with Crippen molar-refractivity contribution in [2.45, 2.75) is 24.3 Å². The molecule has 1 saturated heterocycles. The molecule has 0 unspecified atom stereocenters. The number of benzene rings is 1. The fourth-order valence-electron chi connectivity index (χ4n) is 2.03. The van der Waals surface area contributed by atoms with Crippen LogP contribution in [-0.2, 0) is 14.6 Å². The van der Waals surface area contributed by atoms with E-state index in [0.29, 0.717) is 12.2 Å². The van der Waals surface area contributed by atoms with Crippen LogP contribution in [-0.4, -0.2) is 37.6 Å². The van der Waals surface area contributed by atoms with Gasteiger partial charge in [-0.05, 0) is 25.5 Å². The average Bonchev–Trinajstić information content (AvgIpc) is 2.66. The molecule has 0 radical (unpaired) electrons. The van der Waals surface area contributed by atoms with Crippen LogP contribution in [0.1, 0.15) is 12.0 Å². The van der Waals surface area contributed by atoms with Crippen LogP contribution < -0.4 is 5.32 Å². The molecule has 1 aliphatic rings. The standard InChI is InChI=1S/C13H17NO3S2/c1-10-3-2-4-12(7-10)18-8-13(15)14-11-5-6-19(16,17)9-11/h2-4,7,11H,5-6,8-9H2,1H3,(H,14,15)/t11-/m0/s1. The van der Waals surface area contributed by atoms with Gasteiger partial charge in [0.05, 0.1) is 17.3 Å². The minimum absolute atomic E-state index is 0.0772. The number of amides is 1. The highest BCUT2D eigenvalue weighted by atomic mass is 32.2. The van der Waals surface area contributed by atoms with E-state index < -0.39 is 9.84 Å². The monoisotopic (exact) mass is 299 g/mol. The third-order valence-corrected chi connectivity index (χ3v) is 5.72. The highest BCUT2D eigenvalue weighted by Crippen LogP contribution is 2.19. The second-order valence-electron chi connectivity index (χ2n) is 4.77. The predicted molar refractivity (Wildman–Crippen MR) is 77.1 cm³/mol. The van der Waals surface area contributed by atoms with Gasteiger partial charge in [0.1, 0.15) is 0 Å². The van der Waals surface area contributed by atoms with Crippen LogP contribution in [0.25, 0.3) is 0 Å². The van der Waals surface area contributed by atoms with Crippen LogP contribution in [0.3, 0.4) is 0 Å². The third-order valence-electron chi connectivity index (χ3n) is 2.96. The van der Waals surface area contributed by atoms with E-state index in [1.807, 2.05) is 31.2 Å². The molecule has 1 atom stereocenters. The number of carbonyl (C=O) groups is 1. The maximum absolute atomic E-state index is 11.7. The summed E-state index contributed by atoms with van der Waals surface area (Å²) >= 11 is 1.46. The molecule has 0 aromatic heterocycles. The molecule has 2 rings (SSSR count). The van der Waals surface area contributed by atoms with Crippen molar-refractivity contribution in [1.29, 1.82) is 0 Å². The van der Waals surface area contributed by atoms with E-state index in [1.165, 1.54) is 11.8 Å². The number of nitrogens with one attached hydrogen (secondary N) is 1. The summed E-state index contributed by atoms with van der Waals surface area (Å²) in [7, 11) is -2.94. The Bertz CT molecular complexity index is 569. The van der Waals surface area contributed by atoms with E-state index >= 15 is 0 Å². The second kappa shape index (κ2) is 5.96. The van der Waals surface area contributed by atoms with Crippen molar-refractivity contribution in [1.82, 2.24) is 5.32 Å². The van der Waals surface area contributed by atoms with Gasteiger partial charge >= 0.3 is 0 Å². The number of carbonyl (C=O) groups excluding carboxylic acids is 1. The molecule has 0 aliphatic carbocycles. The number of aryl methyl sites for hydroxylation is 1. The second-order valence-corrected chi connectivity index (χ2v) is 8.05. The summed E-state index contributed by atoms with van der Waals surface area (Å²) in [6.07, 6.45) is 0.531. The minimum atomic E-state index is -2.94. The summed E-state index contributed by atoms with van der Waals surface area (Å²) < 4.78 is 22.6. The van der Waals surface area contributed by atoms with E-state index in [9.17, 15) is 13.2 Å². The average molecular weight is 299 g/mol. The third kappa shape index (κ3) is 4.54. The molecule has 1 aromatic carbocycles. The van der Waals surface area contributed by atoms with E-state index in [4.69, 9.17) is 0 Å². The molecule has 6 heteroatoms. The predicted octanol–water partition coefficient (Wildman–Crippen LogP) is 1.39. The van der Waals surface area contributed by atoms with E-state index in [-0.39, 0.29) is 23.5 Å². The summed E-state index contributed by atoms with van der Waals surface area (Å²) in [6.45, 7) is 2.01. The molecule has 104 valence electrons. The molecule has 1 aliphatic heterocycles. The molecule has 0 spiro atoms. The molecular formula is C13H17NO3S2. The SMILES string of the molecule is Cc1cccc(SCC(=O)N[C@H]2CCS(=O)(=O)C2)c1. The van der Waals surface area contributed by atoms with Gasteiger partial charge in [0.25, 0.3) is 0 Å². The Labute approximate surface area is 117 Å².